The first-order valence-corrected chi connectivity index (χ1v) is 17.1. The van der Waals surface area contributed by atoms with Crippen LogP contribution in [-0.2, 0) is 9.53 Å². The second-order valence-corrected chi connectivity index (χ2v) is 14.7. The molecule has 3 amide bonds. The first kappa shape index (κ1) is 32.8. The molecule has 1 atom stereocenters. The van der Waals surface area contributed by atoms with Gasteiger partial charge >= 0.3 is 6.09 Å². The number of carbonyl (C=O) groups is 3. The molecule has 0 unspecified atom stereocenters. The number of anilines is 4. The van der Waals surface area contributed by atoms with Crippen LogP contribution >= 0.6 is 0 Å². The molecule has 0 bridgehead atoms. The molecule has 1 saturated heterocycles. The lowest BCUT2D eigenvalue weighted by Gasteiger charge is -2.52. The first-order chi connectivity index (χ1) is 22.4. The smallest absolute Gasteiger partial charge is 0.410 e. The number of piperidine rings is 1. The molecule has 1 spiro atoms. The maximum absolute atomic E-state index is 13.3. The Bertz CT molecular complexity index is 1500. The molecule has 2 saturated carbocycles. The van der Waals surface area contributed by atoms with Gasteiger partial charge in [0, 0.05) is 37.8 Å². The quantitative estimate of drug-likeness (QED) is 0.392. The summed E-state index contributed by atoms with van der Waals surface area (Å²) in [5.41, 5.74) is 1.53. The number of rotatable bonds is 7. The summed E-state index contributed by atoms with van der Waals surface area (Å²) in [7, 11) is 3.36. The highest BCUT2D eigenvalue weighted by Gasteiger charge is 2.47. The summed E-state index contributed by atoms with van der Waals surface area (Å²) in [5.74, 6) is 1.61. The molecule has 2 aliphatic heterocycles. The SMILES string of the molecule is CC[C@@H]1C(=O)N(C)c2cnc(Nc3ccc(C(=O)NC4CC5(CCN(C(=O)OC(C)(C)C)CC5)C4)cc3OC)nc2N1C1CCCC1. The zero-order valence-corrected chi connectivity index (χ0v) is 28.6. The number of likely N-dealkylation sites (tertiary alicyclic amines) is 1. The number of methoxy groups -OCH3 is 1. The Morgan fingerprint density at radius 2 is 1.81 bits per heavy atom. The predicted octanol–water partition coefficient (Wildman–Crippen LogP) is 5.64. The fraction of sp³-hybridized carbons (Fsp3) is 0.629. The third kappa shape index (κ3) is 6.69. The number of carbonyl (C=O) groups excluding carboxylic acids is 3. The van der Waals surface area contributed by atoms with Gasteiger partial charge in [-0.1, -0.05) is 19.8 Å². The number of amides is 3. The van der Waals surface area contributed by atoms with Crippen molar-refractivity contribution >= 4 is 41.0 Å². The van der Waals surface area contributed by atoms with Crippen molar-refractivity contribution in [1.29, 1.82) is 0 Å². The van der Waals surface area contributed by atoms with Crippen molar-refractivity contribution in [3.05, 3.63) is 30.0 Å². The molecule has 3 fully saturated rings. The molecule has 254 valence electrons. The molecule has 0 radical (unpaired) electrons. The summed E-state index contributed by atoms with van der Waals surface area (Å²) in [4.78, 5) is 54.1. The Hall–Kier alpha value is -4.09. The molecule has 2 aliphatic carbocycles. The number of hydrogen-bond donors (Lipinski definition) is 2. The number of nitrogens with one attached hydrogen (secondary N) is 2. The summed E-state index contributed by atoms with van der Waals surface area (Å²) < 4.78 is 11.2. The Labute approximate surface area is 277 Å². The lowest BCUT2D eigenvalue weighted by atomic mass is 9.60. The van der Waals surface area contributed by atoms with Gasteiger partial charge in [-0.3, -0.25) is 9.59 Å². The van der Waals surface area contributed by atoms with Gasteiger partial charge in [0.15, 0.2) is 5.82 Å². The summed E-state index contributed by atoms with van der Waals surface area (Å²) in [6.45, 7) is 9.06. The number of aromatic nitrogens is 2. The summed E-state index contributed by atoms with van der Waals surface area (Å²) in [6, 6.07) is 5.45. The van der Waals surface area contributed by atoms with E-state index in [1.165, 1.54) is 0 Å². The Morgan fingerprint density at radius 3 is 2.45 bits per heavy atom. The Morgan fingerprint density at radius 1 is 1.11 bits per heavy atom. The van der Waals surface area contributed by atoms with E-state index in [-0.39, 0.29) is 41.4 Å². The van der Waals surface area contributed by atoms with Crippen LogP contribution in [0.1, 0.15) is 95.8 Å². The fourth-order valence-corrected chi connectivity index (χ4v) is 7.75. The molecule has 1 aromatic heterocycles. The number of fused-ring (bicyclic) bond motifs is 1. The van der Waals surface area contributed by atoms with Crippen LogP contribution in [0, 0.1) is 5.41 Å². The molecule has 6 rings (SSSR count). The van der Waals surface area contributed by atoms with Gasteiger partial charge in [-0.25, -0.2) is 9.78 Å². The van der Waals surface area contributed by atoms with Gasteiger partial charge in [-0.05, 0) is 89.3 Å². The molecule has 2 N–H and O–H groups in total. The van der Waals surface area contributed by atoms with E-state index in [0.717, 1.165) is 57.2 Å². The van der Waals surface area contributed by atoms with Crippen LogP contribution in [0.2, 0.25) is 0 Å². The van der Waals surface area contributed by atoms with Gasteiger partial charge in [0.25, 0.3) is 5.91 Å². The zero-order chi connectivity index (χ0) is 33.5. The van der Waals surface area contributed by atoms with E-state index >= 15 is 0 Å². The molecular formula is C35H49N7O5. The summed E-state index contributed by atoms with van der Waals surface area (Å²) >= 11 is 0. The Balaban J connectivity index is 1.09. The van der Waals surface area contributed by atoms with Gasteiger partial charge in [-0.15, -0.1) is 0 Å². The van der Waals surface area contributed by atoms with E-state index in [1.54, 1.807) is 42.3 Å². The summed E-state index contributed by atoms with van der Waals surface area (Å²) in [5, 5.41) is 6.48. The normalized spacial score (nSPS) is 21.4. The van der Waals surface area contributed by atoms with Crippen LogP contribution in [0.25, 0.3) is 0 Å². The van der Waals surface area contributed by atoms with Crippen LogP contribution in [0.5, 0.6) is 5.75 Å². The van der Waals surface area contributed by atoms with Gasteiger partial charge in [0.05, 0.1) is 19.0 Å². The lowest BCUT2D eigenvalue weighted by molar-refractivity contribution is -0.120. The molecule has 4 aliphatic rings. The van der Waals surface area contributed by atoms with Crippen molar-refractivity contribution in [3.8, 4) is 5.75 Å². The number of ether oxygens (including phenoxy) is 2. The van der Waals surface area contributed by atoms with E-state index in [9.17, 15) is 14.4 Å². The van der Waals surface area contributed by atoms with E-state index in [4.69, 9.17) is 14.5 Å². The summed E-state index contributed by atoms with van der Waals surface area (Å²) in [6.07, 6.45) is 10.2. The average molecular weight is 648 g/mol. The van der Waals surface area contributed by atoms with Crippen LogP contribution < -0.4 is 25.2 Å². The number of benzene rings is 1. The highest BCUT2D eigenvalue weighted by atomic mass is 16.6. The third-order valence-corrected chi connectivity index (χ3v) is 10.3. The maximum atomic E-state index is 13.3. The highest BCUT2D eigenvalue weighted by Crippen LogP contribution is 2.49. The predicted molar refractivity (Wildman–Crippen MR) is 180 cm³/mol. The maximum Gasteiger partial charge on any atom is 0.410 e. The average Bonchev–Trinajstić information content (AvgIpc) is 3.56. The van der Waals surface area contributed by atoms with Gasteiger partial charge < -0.3 is 34.8 Å². The second-order valence-electron chi connectivity index (χ2n) is 14.7. The van der Waals surface area contributed by atoms with Crippen molar-refractivity contribution in [2.75, 3.05) is 42.4 Å². The van der Waals surface area contributed by atoms with Gasteiger partial charge in [0.2, 0.25) is 11.9 Å². The number of likely N-dealkylation sites (N-methyl/N-ethyl adjacent to an activating group) is 1. The molecule has 12 nitrogen and oxygen atoms in total. The van der Waals surface area contributed by atoms with Gasteiger partial charge in [-0.2, -0.15) is 4.98 Å². The third-order valence-electron chi connectivity index (χ3n) is 10.3. The van der Waals surface area contributed by atoms with Gasteiger partial charge in [0.1, 0.15) is 23.1 Å². The van der Waals surface area contributed by atoms with E-state index in [2.05, 4.69) is 20.5 Å². The topological polar surface area (TPSA) is 129 Å². The van der Waals surface area contributed by atoms with E-state index in [0.29, 0.717) is 48.1 Å². The van der Waals surface area contributed by atoms with Crippen molar-refractivity contribution < 1.29 is 23.9 Å². The highest BCUT2D eigenvalue weighted by molar-refractivity contribution is 6.04. The molecular weight excluding hydrogens is 598 g/mol. The van der Waals surface area contributed by atoms with Crippen LogP contribution in [-0.4, -0.2) is 83.7 Å². The molecule has 1 aromatic carbocycles. The minimum absolute atomic E-state index is 0.0763. The van der Waals surface area contributed by atoms with E-state index < -0.39 is 5.60 Å². The zero-order valence-electron chi connectivity index (χ0n) is 28.6. The van der Waals surface area contributed by atoms with Crippen molar-refractivity contribution in [3.63, 3.8) is 0 Å². The second kappa shape index (κ2) is 12.8. The standard InChI is InChI=1S/C35H49N7O5/c1-7-26-31(44)40(5)27-21-36-32(39-29(27)42(26)24-10-8-9-11-24)38-25-13-12-22(18-28(25)46-6)30(43)37-23-19-35(20-23)14-16-41(17-15-35)33(45)47-34(2,3)4/h12-13,18,21,23-24,26H,7-11,14-17,19-20H2,1-6H3,(H,37,43)(H,36,38,39)/t26-/m1/s1. The molecule has 47 heavy (non-hydrogen) atoms. The monoisotopic (exact) mass is 647 g/mol. The Kier molecular flexibility index (Phi) is 8.97. The largest absolute Gasteiger partial charge is 0.495 e. The minimum atomic E-state index is -0.501. The van der Waals surface area contributed by atoms with Crippen molar-refractivity contribution in [2.24, 2.45) is 5.41 Å². The van der Waals surface area contributed by atoms with Crippen LogP contribution in [0.4, 0.5) is 27.9 Å². The fourth-order valence-electron chi connectivity index (χ4n) is 7.75. The molecule has 3 heterocycles. The van der Waals surface area contributed by atoms with Crippen molar-refractivity contribution in [1.82, 2.24) is 20.2 Å². The van der Waals surface area contributed by atoms with E-state index in [1.807, 2.05) is 33.8 Å². The minimum Gasteiger partial charge on any atom is -0.495 e. The van der Waals surface area contributed by atoms with Crippen LogP contribution in [0.15, 0.2) is 24.4 Å². The lowest BCUT2D eigenvalue weighted by Crippen LogP contribution is -2.55. The number of nitrogens with zero attached hydrogens (tertiary/aromatic N) is 5. The molecule has 12 heteroatoms. The van der Waals surface area contributed by atoms with Crippen LogP contribution in [0.3, 0.4) is 0 Å². The molecule has 2 aromatic rings. The van der Waals surface area contributed by atoms with Crippen molar-refractivity contribution in [2.45, 2.75) is 109 Å². The first-order valence-electron chi connectivity index (χ1n) is 17.1. The number of hydrogen-bond acceptors (Lipinski definition) is 9.